The van der Waals surface area contributed by atoms with E-state index >= 15 is 0 Å². The number of nitro benzene ring substituents is 1. The van der Waals surface area contributed by atoms with Crippen molar-refractivity contribution in [3.63, 3.8) is 0 Å². The van der Waals surface area contributed by atoms with Crippen LogP contribution in [0.3, 0.4) is 0 Å². The lowest BCUT2D eigenvalue weighted by Gasteiger charge is -2.06. The second kappa shape index (κ2) is 5.36. The van der Waals surface area contributed by atoms with Crippen LogP contribution in [0, 0.1) is 30.9 Å². The van der Waals surface area contributed by atoms with E-state index in [4.69, 9.17) is 0 Å². The summed E-state index contributed by atoms with van der Waals surface area (Å²) >= 11 is 1.67. The van der Waals surface area contributed by atoms with Crippen molar-refractivity contribution >= 4 is 22.7 Å². The van der Waals surface area contributed by atoms with Crippen LogP contribution in [0.4, 0.5) is 11.4 Å². The van der Waals surface area contributed by atoms with Crippen molar-refractivity contribution in [2.24, 2.45) is 0 Å². The number of hydrogen-bond donors (Lipinski definition) is 1. The second-order valence-electron chi connectivity index (χ2n) is 4.35. The van der Waals surface area contributed by atoms with Crippen LogP contribution in [0.2, 0.25) is 0 Å². The van der Waals surface area contributed by atoms with Gasteiger partial charge in [-0.1, -0.05) is 0 Å². The smallest absolute Gasteiger partial charge is 0.272 e. The molecular formula is C13H15N3O2S. The largest absolute Gasteiger partial charge is 0.379 e. The summed E-state index contributed by atoms with van der Waals surface area (Å²) in [5.41, 5.74) is 2.69. The van der Waals surface area contributed by atoms with E-state index in [0.717, 1.165) is 16.4 Å². The summed E-state index contributed by atoms with van der Waals surface area (Å²) in [7, 11) is 0. The van der Waals surface area contributed by atoms with Gasteiger partial charge in [-0.25, -0.2) is 4.98 Å². The van der Waals surface area contributed by atoms with Gasteiger partial charge in [-0.2, -0.15) is 0 Å². The van der Waals surface area contributed by atoms with Crippen molar-refractivity contribution in [3.8, 4) is 0 Å². The molecule has 0 aliphatic rings. The molecule has 0 aliphatic carbocycles. The number of aromatic nitrogens is 1. The molecule has 100 valence electrons. The summed E-state index contributed by atoms with van der Waals surface area (Å²) in [5.74, 6) is 0. The second-order valence-corrected chi connectivity index (χ2v) is 5.76. The van der Waals surface area contributed by atoms with Gasteiger partial charge in [-0.3, -0.25) is 10.1 Å². The maximum Gasteiger partial charge on any atom is 0.272 e. The van der Waals surface area contributed by atoms with Gasteiger partial charge in [-0.15, -0.1) is 11.3 Å². The Hall–Kier alpha value is -1.95. The number of nitrogens with zero attached hydrogens (tertiary/aromatic N) is 2. The maximum absolute atomic E-state index is 10.7. The molecule has 1 aromatic carbocycles. The van der Waals surface area contributed by atoms with Crippen molar-refractivity contribution in [1.29, 1.82) is 0 Å². The predicted octanol–water partition coefficient (Wildman–Crippen LogP) is 3.59. The van der Waals surface area contributed by atoms with Gasteiger partial charge < -0.3 is 5.32 Å². The molecule has 5 nitrogen and oxygen atoms in total. The third kappa shape index (κ3) is 3.08. The number of rotatable bonds is 4. The maximum atomic E-state index is 10.7. The molecule has 0 fully saturated rings. The van der Waals surface area contributed by atoms with Gasteiger partial charge >= 0.3 is 0 Å². The molecule has 0 radical (unpaired) electrons. The molecule has 0 atom stereocenters. The first-order valence-corrected chi connectivity index (χ1v) is 6.71. The quantitative estimate of drug-likeness (QED) is 0.685. The summed E-state index contributed by atoms with van der Waals surface area (Å²) in [6.07, 6.45) is 0. The zero-order valence-electron chi connectivity index (χ0n) is 11.1. The lowest BCUT2D eigenvalue weighted by Crippen LogP contribution is -2.02. The third-order valence-electron chi connectivity index (χ3n) is 2.85. The zero-order chi connectivity index (χ0) is 14.0. The van der Waals surface area contributed by atoms with Crippen molar-refractivity contribution in [2.75, 3.05) is 5.32 Å². The highest BCUT2D eigenvalue weighted by molar-refractivity contribution is 7.11. The summed E-state index contributed by atoms with van der Waals surface area (Å²) < 4.78 is 0. The van der Waals surface area contributed by atoms with Crippen LogP contribution in [0.15, 0.2) is 18.2 Å². The molecule has 0 unspecified atom stereocenters. The van der Waals surface area contributed by atoms with E-state index in [1.807, 2.05) is 13.8 Å². The third-order valence-corrected chi connectivity index (χ3v) is 3.78. The minimum atomic E-state index is -0.368. The monoisotopic (exact) mass is 277 g/mol. The molecule has 2 aromatic rings. The highest BCUT2D eigenvalue weighted by atomic mass is 32.1. The topological polar surface area (TPSA) is 68.1 Å². The Labute approximate surface area is 115 Å². The predicted molar refractivity (Wildman–Crippen MR) is 76.7 cm³/mol. The van der Waals surface area contributed by atoms with E-state index < -0.39 is 0 Å². The number of benzene rings is 1. The lowest BCUT2D eigenvalue weighted by atomic mass is 10.2. The molecule has 1 aromatic heterocycles. The fraction of sp³-hybridized carbons (Fsp3) is 0.308. The summed E-state index contributed by atoms with van der Waals surface area (Å²) in [4.78, 5) is 16.0. The number of nitrogens with one attached hydrogen (secondary N) is 1. The van der Waals surface area contributed by atoms with Gasteiger partial charge in [0.05, 0.1) is 22.2 Å². The molecule has 1 N–H and O–H groups in total. The van der Waals surface area contributed by atoms with Crippen LogP contribution in [0.1, 0.15) is 21.1 Å². The molecular weight excluding hydrogens is 262 g/mol. The average Bonchev–Trinajstić information content (AvgIpc) is 2.65. The van der Waals surface area contributed by atoms with Crippen molar-refractivity contribution in [3.05, 3.63) is 49.5 Å². The Bertz CT molecular complexity index is 622. The number of nitro groups is 1. The number of hydrogen-bond acceptors (Lipinski definition) is 5. The lowest BCUT2D eigenvalue weighted by molar-refractivity contribution is -0.385. The molecule has 0 aliphatic heterocycles. The molecule has 0 saturated heterocycles. The number of anilines is 1. The van der Waals surface area contributed by atoms with Gasteiger partial charge in [0.2, 0.25) is 0 Å². The molecule has 2 rings (SSSR count). The summed E-state index contributed by atoms with van der Waals surface area (Å²) in [6, 6.07) is 5.03. The highest BCUT2D eigenvalue weighted by Gasteiger charge is 2.10. The fourth-order valence-corrected chi connectivity index (χ4v) is 2.73. The Morgan fingerprint density at radius 2 is 2.11 bits per heavy atom. The van der Waals surface area contributed by atoms with Crippen LogP contribution >= 0.6 is 11.3 Å². The van der Waals surface area contributed by atoms with Gasteiger partial charge in [0, 0.05) is 22.2 Å². The number of aryl methyl sites for hydroxylation is 3. The van der Waals surface area contributed by atoms with Gasteiger partial charge in [0.15, 0.2) is 0 Å². The van der Waals surface area contributed by atoms with Crippen molar-refractivity contribution < 1.29 is 4.92 Å². The molecule has 1 heterocycles. The summed E-state index contributed by atoms with van der Waals surface area (Å²) in [6.45, 7) is 6.40. The number of thiazole rings is 1. The Morgan fingerprint density at radius 1 is 1.37 bits per heavy atom. The van der Waals surface area contributed by atoms with Crippen LogP contribution < -0.4 is 5.32 Å². The molecule has 6 heteroatoms. The van der Waals surface area contributed by atoms with Crippen LogP contribution in [-0.2, 0) is 6.54 Å². The van der Waals surface area contributed by atoms with E-state index in [1.54, 1.807) is 30.4 Å². The SMILES string of the molecule is Cc1nc(CNc2ccc([N+](=O)[O-])c(C)c2)c(C)s1. The normalized spacial score (nSPS) is 10.5. The zero-order valence-corrected chi connectivity index (χ0v) is 11.9. The van der Waals surface area contributed by atoms with Crippen LogP contribution in [0.25, 0.3) is 0 Å². The highest BCUT2D eigenvalue weighted by Crippen LogP contribution is 2.23. The minimum Gasteiger partial charge on any atom is -0.379 e. The van der Waals surface area contributed by atoms with E-state index in [0.29, 0.717) is 12.1 Å². The molecule has 0 amide bonds. The van der Waals surface area contributed by atoms with E-state index in [-0.39, 0.29) is 10.6 Å². The Kier molecular flexibility index (Phi) is 3.80. The first-order chi connectivity index (χ1) is 8.97. The first-order valence-electron chi connectivity index (χ1n) is 5.89. The fourth-order valence-electron chi connectivity index (χ4n) is 1.89. The van der Waals surface area contributed by atoms with Crippen molar-refractivity contribution in [1.82, 2.24) is 4.98 Å². The van der Waals surface area contributed by atoms with Gasteiger partial charge in [0.25, 0.3) is 5.69 Å². The standard InChI is InChI=1S/C13H15N3O2S/c1-8-6-11(4-5-13(8)16(17)18)14-7-12-9(2)19-10(3)15-12/h4-6,14H,7H2,1-3H3. The minimum absolute atomic E-state index is 0.145. The Morgan fingerprint density at radius 3 is 2.63 bits per heavy atom. The van der Waals surface area contributed by atoms with Gasteiger partial charge in [0.1, 0.15) is 0 Å². The van der Waals surface area contributed by atoms with Gasteiger partial charge in [-0.05, 0) is 32.9 Å². The van der Waals surface area contributed by atoms with E-state index in [2.05, 4.69) is 10.3 Å². The van der Waals surface area contributed by atoms with Crippen LogP contribution in [-0.4, -0.2) is 9.91 Å². The van der Waals surface area contributed by atoms with E-state index in [9.17, 15) is 10.1 Å². The molecule has 19 heavy (non-hydrogen) atoms. The first kappa shape index (κ1) is 13.5. The molecule has 0 saturated carbocycles. The Balaban J connectivity index is 2.10. The molecule has 0 spiro atoms. The molecule has 0 bridgehead atoms. The summed E-state index contributed by atoms with van der Waals surface area (Å²) in [5, 5.41) is 15.0. The van der Waals surface area contributed by atoms with Crippen LogP contribution in [0.5, 0.6) is 0 Å². The van der Waals surface area contributed by atoms with Crippen molar-refractivity contribution in [2.45, 2.75) is 27.3 Å². The van der Waals surface area contributed by atoms with E-state index in [1.165, 1.54) is 10.9 Å². The average molecular weight is 277 g/mol.